The Morgan fingerprint density at radius 2 is 1.56 bits per heavy atom. The molecule has 4 rings (SSSR count). The lowest BCUT2D eigenvalue weighted by Crippen LogP contribution is -2.48. The molecule has 1 N–H and O–H groups in total. The summed E-state index contributed by atoms with van der Waals surface area (Å²) in [6.45, 7) is 4.88. The number of benzene rings is 3. The van der Waals surface area contributed by atoms with E-state index in [9.17, 15) is 9.59 Å². The third-order valence-corrected chi connectivity index (χ3v) is 6.35. The van der Waals surface area contributed by atoms with Crippen LogP contribution in [0.3, 0.4) is 0 Å². The first kappa shape index (κ1) is 22.4. The minimum absolute atomic E-state index is 0.0777. The van der Waals surface area contributed by atoms with Gasteiger partial charge in [-0.25, -0.2) is 0 Å². The van der Waals surface area contributed by atoms with E-state index in [1.165, 1.54) is 0 Å². The fraction of sp³-hybridized carbons (Fsp3) is 0.200. The van der Waals surface area contributed by atoms with Crippen molar-refractivity contribution in [1.29, 1.82) is 0 Å². The van der Waals surface area contributed by atoms with Crippen molar-refractivity contribution in [2.45, 2.75) is 6.92 Å². The first-order valence-corrected chi connectivity index (χ1v) is 11.6. The van der Waals surface area contributed by atoms with Gasteiger partial charge in [0.05, 0.1) is 10.6 Å². The topological polar surface area (TPSA) is 52.7 Å². The number of halogens is 2. The van der Waals surface area contributed by atoms with Crippen LogP contribution in [0, 0.1) is 6.92 Å². The van der Waals surface area contributed by atoms with Crippen molar-refractivity contribution in [1.82, 2.24) is 4.90 Å². The summed E-state index contributed by atoms with van der Waals surface area (Å²) in [6.07, 6.45) is 0. The van der Waals surface area contributed by atoms with Gasteiger partial charge >= 0.3 is 0 Å². The van der Waals surface area contributed by atoms with Crippen molar-refractivity contribution in [3.63, 3.8) is 0 Å². The zero-order valence-corrected chi connectivity index (χ0v) is 20.0. The summed E-state index contributed by atoms with van der Waals surface area (Å²) in [6, 6.07) is 20.6. The molecule has 7 heteroatoms. The van der Waals surface area contributed by atoms with Gasteiger partial charge in [0, 0.05) is 47.6 Å². The van der Waals surface area contributed by atoms with E-state index in [2.05, 4.69) is 26.1 Å². The molecule has 32 heavy (non-hydrogen) atoms. The lowest BCUT2D eigenvalue weighted by atomic mass is 10.1. The smallest absolute Gasteiger partial charge is 0.257 e. The fourth-order valence-corrected chi connectivity index (χ4v) is 4.24. The third-order valence-electron chi connectivity index (χ3n) is 5.53. The van der Waals surface area contributed by atoms with E-state index < -0.39 is 0 Å². The average molecular weight is 513 g/mol. The average Bonchev–Trinajstić information content (AvgIpc) is 2.81. The molecule has 0 spiro atoms. The number of nitrogens with zero attached hydrogens (tertiary/aromatic N) is 2. The van der Waals surface area contributed by atoms with Crippen molar-refractivity contribution in [3.05, 3.63) is 92.9 Å². The molecule has 0 saturated carbocycles. The highest BCUT2D eigenvalue weighted by Gasteiger charge is 2.22. The summed E-state index contributed by atoms with van der Waals surface area (Å²) in [5, 5.41) is 3.29. The van der Waals surface area contributed by atoms with Gasteiger partial charge in [0.25, 0.3) is 11.8 Å². The predicted molar refractivity (Wildman–Crippen MR) is 133 cm³/mol. The van der Waals surface area contributed by atoms with Gasteiger partial charge in [-0.15, -0.1) is 0 Å². The lowest BCUT2D eigenvalue weighted by Gasteiger charge is -2.36. The largest absolute Gasteiger partial charge is 0.368 e. The van der Waals surface area contributed by atoms with E-state index in [0.717, 1.165) is 34.4 Å². The molecular formula is C25H23BrClN3O2. The third kappa shape index (κ3) is 5.14. The fourth-order valence-electron chi connectivity index (χ4n) is 3.67. The Morgan fingerprint density at radius 3 is 2.22 bits per heavy atom. The van der Waals surface area contributed by atoms with Crippen LogP contribution < -0.4 is 10.2 Å². The second-order valence-corrected chi connectivity index (χ2v) is 9.09. The van der Waals surface area contributed by atoms with E-state index in [-0.39, 0.29) is 11.8 Å². The Bertz CT molecular complexity index is 1120. The van der Waals surface area contributed by atoms with Crippen LogP contribution in [0.25, 0.3) is 0 Å². The van der Waals surface area contributed by atoms with Crippen molar-refractivity contribution < 1.29 is 9.59 Å². The van der Waals surface area contributed by atoms with Gasteiger partial charge < -0.3 is 15.1 Å². The van der Waals surface area contributed by atoms with E-state index in [1.54, 1.807) is 18.2 Å². The first-order chi connectivity index (χ1) is 15.4. The van der Waals surface area contributed by atoms with Crippen LogP contribution in [0.5, 0.6) is 0 Å². The molecule has 0 aromatic heterocycles. The molecule has 0 radical (unpaired) electrons. The summed E-state index contributed by atoms with van der Waals surface area (Å²) >= 11 is 9.51. The molecule has 1 aliphatic rings. The number of rotatable bonds is 4. The molecule has 164 valence electrons. The molecule has 3 aromatic carbocycles. The molecule has 1 heterocycles. The highest BCUT2D eigenvalue weighted by molar-refractivity contribution is 9.10. The Kier molecular flexibility index (Phi) is 6.82. The summed E-state index contributed by atoms with van der Waals surface area (Å²) in [5.74, 6) is -0.179. The molecule has 5 nitrogen and oxygen atoms in total. The minimum Gasteiger partial charge on any atom is -0.368 e. The van der Waals surface area contributed by atoms with Crippen LogP contribution in [0.2, 0.25) is 5.02 Å². The van der Waals surface area contributed by atoms with Gasteiger partial charge in [0.1, 0.15) is 0 Å². The van der Waals surface area contributed by atoms with Crippen molar-refractivity contribution in [3.8, 4) is 0 Å². The van der Waals surface area contributed by atoms with Gasteiger partial charge in [-0.05, 0) is 61.5 Å². The summed E-state index contributed by atoms with van der Waals surface area (Å²) in [7, 11) is 0. The number of aryl methyl sites for hydroxylation is 1. The molecule has 0 aliphatic carbocycles. The normalized spacial score (nSPS) is 13.7. The highest BCUT2D eigenvalue weighted by atomic mass is 79.9. The molecule has 3 aromatic rings. The second-order valence-electron chi connectivity index (χ2n) is 7.77. The standard InChI is InChI=1S/C25H23BrClN3O2/c1-17-2-4-18(5-3-17)25(32)30-14-12-29(13-15-30)21-9-7-20(8-10-21)28-24(31)22-16-19(26)6-11-23(22)27/h2-11,16H,12-15H2,1H3,(H,28,31). The Balaban J connectivity index is 1.35. The monoisotopic (exact) mass is 511 g/mol. The number of carbonyl (C=O) groups excluding carboxylic acids is 2. The minimum atomic E-state index is -0.257. The van der Waals surface area contributed by atoms with Crippen molar-refractivity contribution >= 4 is 50.7 Å². The van der Waals surface area contributed by atoms with Crippen molar-refractivity contribution in [2.24, 2.45) is 0 Å². The SMILES string of the molecule is Cc1ccc(C(=O)N2CCN(c3ccc(NC(=O)c4cc(Br)ccc4Cl)cc3)CC2)cc1. The number of hydrogen-bond donors (Lipinski definition) is 1. The number of piperazine rings is 1. The molecule has 0 unspecified atom stereocenters. The van der Waals surface area contributed by atoms with E-state index in [1.807, 2.05) is 60.4 Å². The number of anilines is 2. The van der Waals surface area contributed by atoms with Crippen LogP contribution in [0.1, 0.15) is 26.3 Å². The molecule has 0 bridgehead atoms. The maximum atomic E-state index is 12.7. The number of nitrogens with one attached hydrogen (secondary N) is 1. The highest BCUT2D eigenvalue weighted by Crippen LogP contribution is 2.24. The van der Waals surface area contributed by atoms with Gasteiger partial charge in [0.2, 0.25) is 0 Å². The van der Waals surface area contributed by atoms with Gasteiger partial charge in [-0.3, -0.25) is 9.59 Å². The molecule has 1 fully saturated rings. The van der Waals surface area contributed by atoms with E-state index >= 15 is 0 Å². The number of amides is 2. The van der Waals surface area contributed by atoms with Crippen LogP contribution >= 0.6 is 27.5 Å². The van der Waals surface area contributed by atoms with E-state index in [4.69, 9.17) is 11.6 Å². The molecule has 1 aliphatic heterocycles. The summed E-state index contributed by atoms with van der Waals surface area (Å²) in [5.41, 5.74) is 4.05. The summed E-state index contributed by atoms with van der Waals surface area (Å²) in [4.78, 5) is 29.4. The molecular weight excluding hydrogens is 490 g/mol. The van der Waals surface area contributed by atoms with Crippen molar-refractivity contribution in [2.75, 3.05) is 36.4 Å². The predicted octanol–water partition coefficient (Wildman–Crippen LogP) is 5.63. The van der Waals surface area contributed by atoms with Crippen LogP contribution in [0.4, 0.5) is 11.4 Å². The maximum Gasteiger partial charge on any atom is 0.257 e. The quantitative estimate of drug-likeness (QED) is 0.493. The Labute approximate surface area is 201 Å². The van der Waals surface area contributed by atoms with Gasteiger partial charge in [-0.2, -0.15) is 0 Å². The van der Waals surface area contributed by atoms with Crippen LogP contribution in [-0.4, -0.2) is 42.9 Å². The van der Waals surface area contributed by atoms with Crippen LogP contribution in [0.15, 0.2) is 71.2 Å². The zero-order valence-electron chi connectivity index (χ0n) is 17.6. The van der Waals surface area contributed by atoms with Gasteiger partial charge in [0.15, 0.2) is 0 Å². The van der Waals surface area contributed by atoms with Gasteiger partial charge in [-0.1, -0.05) is 45.2 Å². The number of hydrogen-bond acceptors (Lipinski definition) is 3. The lowest BCUT2D eigenvalue weighted by molar-refractivity contribution is 0.0746. The van der Waals surface area contributed by atoms with Crippen LogP contribution in [-0.2, 0) is 0 Å². The second kappa shape index (κ2) is 9.76. The first-order valence-electron chi connectivity index (χ1n) is 10.4. The van der Waals surface area contributed by atoms with E-state index in [0.29, 0.717) is 29.4 Å². The maximum absolute atomic E-state index is 12.7. The Morgan fingerprint density at radius 1 is 0.906 bits per heavy atom. The number of carbonyl (C=O) groups is 2. The Hall–Kier alpha value is -2.83. The summed E-state index contributed by atoms with van der Waals surface area (Å²) < 4.78 is 0.794. The molecule has 2 amide bonds. The molecule has 1 saturated heterocycles. The molecule has 0 atom stereocenters. The zero-order chi connectivity index (χ0) is 22.7.